The van der Waals surface area contributed by atoms with Gasteiger partial charge in [-0.15, -0.1) is 0 Å². The highest BCUT2D eigenvalue weighted by molar-refractivity contribution is 6.35. The molecule has 1 aromatic rings. The lowest BCUT2D eigenvalue weighted by Gasteiger charge is -2.37. The van der Waals surface area contributed by atoms with E-state index in [-0.39, 0.29) is 24.0 Å². The number of benzene rings is 1. The molecule has 1 aromatic carbocycles. The molecule has 164 valence electrons. The molecular weight excluding hydrogens is 380 g/mol. The van der Waals surface area contributed by atoms with Crippen LogP contribution in [0.15, 0.2) is 30.0 Å². The SMILES string of the molecule is CCCCCCN1C(=O)C(c2ccc(OCC)cc2)=C(N2CC(C)OC(C)C2)C1=O. The lowest BCUT2D eigenvalue weighted by molar-refractivity contribution is -0.138. The summed E-state index contributed by atoms with van der Waals surface area (Å²) < 4.78 is 11.4. The fourth-order valence-electron chi connectivity index (χ4n) is 4.26. The minimum absolute atomic E-state index is 0.00402. The number of hydrogen-bond donors (Lipinski definition) is 0. The molecule has 1 saturated heterocycles. The summed E-state index contributed by atoms with van der Waals surface area (Å²) in [4.78, 5) is 30.2. The molecular formula is C24H34N2O4. The Kier molecular flexibility index (Phi) is 7.53. The van der Waals surface area contributed by atoms with Crippen molar-refractivity contribution in [2.45, 2.75) is 65.6 Å². The van der Waals surface area contributed by atoms with E-state index in [9.17, 15) is 9.59 Å². The highest BCUT2D eigenvalue weighted by Crippen LogP contribution is 2.34. The molecule has 2 aliphatic rings. The highest BCUT2D eigenvalue weighted by atomic mass is 16.5. The summed E-state index contributed by atoms with van der Waals surface area (Å²) in [6, 6.07) is 7.46. The zero-order chi connectivity index (χ0) is 21.7. The second-order valence-electron chi connectivity index (χ2n) is 8.17. The summed E-state index contributed by atoms with van der Waals surface area (Å²) in [6.07, 6.45) is 4.10. The number of nitrogens with zero attached hydrogens (tertiary/aromatic N) is 2. The molecule has 30 heavy (non-hydrogen) atoms. The maximum atomic E-state index is 13.4. The van der Waals surface area contributed by atoms with Gasteiger partial charge in [-0.2, -0.15) is 0 Å². The summed E-state index contributed by atoms with van der Waals surface area (Å²) in [5, 5.41) is 0. The molecule has 0 aromatic heterocycles. The number of amides is 2. The van der Waals surface area contributed by atoms with Crippen LogP contribution in [-0.4, -0.2) is 60.1 Å². The molecule has 0 aliphatic carbocycles. The van der Waals surface area contributed by atoms with Crippen LogP contribution in [0.25, 0.3) is 5.57 Å². The average molecular weight is 415 g/mol. The van der Waals surface area contributed by atoms with E-state index >= 15 is 0 Å². The van der Waals surface area contributed by atoms with E-state index < -0.39 is 0 Å². The predicted molar refractivity (Wildman–Crippen MR) is 117 cm³/mol. The van der Waals surface area contributed by atoms with Crippen molar-refractivity contribution in [2.75, 3.05) is 26.2 Å². The van der Waals surface area contributed by atoms with Gasteiger partial charge in [-0.25, -0.2) is 0 Å². The number of morpholine rings is 1. The third kappa shape index (κ3) is 4.86. The Hall–Kier alpha value is -2.34. The minimum atomic E-state index is -0.192. The molecule has 6 heteroatoms. The first-order valence-corrected chi connectivity index (χ1v) is 11.2. The Labute approximate surface area is 179 Å². The fraction of sp³-hybridized carbons (Fsp3) is 0.583. The van der Waals surface area contributed by atoms with Crippen molar-refractivity contribution < 1.29 is 19.1 Å². The van der Waals surface area contributed by atoms with Gasteiger partial charge < -0.3 is 14.4 Å². The van der Waals surface area contributed by atoms with Gasteiger partial charge in [0.05, 0.1) is 24.4 Å². The first kappa shape index (κ1) is 22.3. The molecule has 2 heterocycles. The zero-order valence-corrected chi connectivity index (χ0v) is 18.6. The quantitative estimate of drug-likeness (QED) is 0.454. The Morgan fingerprint density at radius 3 is 2.23 bits per heavy atom. The molecule has 0 N–H and O–H groups in total. The Bertz CT molecular complexity index is 777. The first-order valence-electron chi connectivity index (χ1n) is 11.2. The van der Waals surface area contributed by atoms with E-state index in [0.717, 1.165) is 37.0 Å². The van der Waals surface area contributed by atoms with Gasteiger partial charge in [0, 0.05) is 19.6 Å². The van der Waals surface area contributed by atoms with Crippen LogP contribution in [0.5, 0.6) is 5.75 Å². The standard InChI is InChI=1S/C24H34N2O4/c1-5-7-8-9-14-26-23(27)21(19-10-12-20(13-11-19)29-6-2)22(24(26)28)25-15-17(3)30-18(4)16-25/h10-13,17-18H,5-9,14-16H2,1-4H3. The lowest BCUT2D eigenvalue weighted by atomic mass is 10.0. The second kappa shape index (κ2) is 10.1. The molecule has 2 unspecified atom stereocenters. The molecule has 0 radical (unpaired) electrons. The fourth-order valence-corrected chi connectivity index (χ4v) is 4.26. The monoisotopic (exact) mass is 414 g/mol. The third-order valence-corrected chi connectivity index (χ3v) is 5.57. The zero-order valence-electron chi connectivity index (χ0n) is 18.6. The number of hydrogen-bond acceptors (Lipinski definition) is 5. The predicted octanol–water partition coefficient (Wildman–Crippen LogP) is 3.85. The maximum Gasteiger partial charge on any atom is 0.277 e. The molecule has 2 amide bonds. The van der Waals surface area contributed by atoms with Gasteiger partial charge in [0.2, 0.25) is 0 Å². The Balaban J connectivity index is 1.93. The van der Waals surface area contributed by atoms with Crippen molar-refractivity contribution in [2.24, 2.45) is 0 Å². The summed E-state index contributed by atoms with van der Waals surface area (Å²) >= 11 is 0. The van der Waals surface area contributed by atoms with E-state index in [0.29, 0.717) is 37.5 Å². The second-order valence-corrected chi connectivity index (χ2v) is 8.17. The maximum absolute atomic E-state index is 13.4. The van der Waals surface area contributed by atoms with Crippen LogP contribution >= 0.6 is 0 Å². The number of imide groups is 1. The number of unbranched alkanes of at least 4 members (excludes halogenated alkanes) is 3. The smallest absolute Gasteiger partial charge is 0.277 e. The number of carbonyl (C=O) groups excluding carboxylic acids is 2. The van der Waals surface area contributed by atoms with Crippen LogP contribution in [-0.2, 0) is 14.3 Å². The van der Waals surface area contributed by atoms with Crippen LogP contribution in [0.2, 0.25) is 0 Å². The van der Waals surface area contributed by atoms with E-state index in [4.69, 9.17) is 9.47 Å². The summed E-state index contributed by atoms with van der Waals surface area (Å²) in [5.74, 6) is 0.384. The number of ether oxygens (including phenoxy) is 2. The molecule has 2 aliphatic heterocycles. The normalized spacial score (nSPS) is 22.3. The molecule has 6 nitrogen and oxygen atoms in total. The Morgan fingerprint density at radius 2 is 1.63 bits per heavy atom. The van der Waals surface area contributed by atoms with Crippen LogP contribution in [0.1, 0.15) is 58.9 Å². The highest BCUT2D eigenvalue weighted by Gasteiger charge is 2.42. The van der Waals surface area contributed by atoms with Crippen LogP contribution in [0.4, 0.5) is 0 Å². The summed E-state index contributed by atoms with van der Waals surface area (Å²) in [6.45, 7) is 10.3. The van der Waals surface area contributed by atoms with Crippen LogP contribution in [0, 0.1) is 0 Å². The van der Waals surface area contributed by atoms with Gasteiger partial charge in [-0.1, -0.05) is 38.3 Å². The first-order chi connectivity index (χ1) is 14.5. The van der Waals surface area contributed by atoms with E-state index in [2.05, 4.69) is 6.92 Å². The summed E-state index contributed by atoms with van der Waals surface area (Å²) in [7, 11) is 0. The van der Waals surface area contributed by atoms with Gasteiger partial charge >= 0.3 is 0 Å². The van der Waals surface area contributed by atoms with Crippen molar-refractivity contribution >= 4 is 17.4 Å². The van der Waals surface area contributed by atoms with Gasteiger partial charge in [-0.05, 0) is 44.9 Å². The largest absolute Gasteiger partial charge is 0.494 e. The van der Waals surface area contributed by atoms with Crippen molar-refractivity contribution in [3.63, 3.8) is 0 Å². The topological polar surface area (TPSA) is 59.1 Å². The third-order valence-electron chi connectivity index (χ3n) is 5.57. The molecule has 2 atom stereocenters. The average Bonchev–Trinajstić information content (AvgIpc) is 2.96. The van der Waals surface area contributed by atoms with E-state index in [1.807, 2.05) is 49.9 Å². The van der Waals surface area contributed by atoms with E-state index in [1.165, 1.54) is 4.90 Å². The van der Waals surface area contributed by atoms with E-state index in [1.54, 1.807) is 0 Å². The number of rotatable bonds is 9. The molecule has 1 fully saturated rings. The molecule has 0 spiro atoms. The lowest BCUT2D eigenvalue weighted by Crippen LogP contribution is -2.47. The minimum Gasteiger partial charge on any atom is -0.494 e. The van der Waals surface area contributed by atoms with Crippen LogP contribution < -0.4 is 4.74 Å². The van der Waals surface area contributed by atoms with Gasteiger partial charge in [-0.3, -0.25) is 14.5 Å². The molecule has 0 bridgehead atoms. The van der Waals surface area contributed by atoms with Crippen LogP contribution in [0.3, 0.4) is 0 Å². The van der Waals surface area contributed by atoms with Gasteiger partial charge in [0.1, 0.15) is 11.4 Å². The van der Waals surface area contributed by atoms with Gasteiger partial charge in [0.15, 0.2) is 0 Å². The molecule has 3 rings (SSSR count). The molecule has 0 saturated carbocycles. The summed E-state index contributed by atoms with van der Waals surface area (Å²) in [5.41, 5.74) is 1.77. The van der Waals surface area contributed by atoms with Crippen molar-refractivity contribution in [3.05, 3.63) is 35.5 Å². The Morgan fingerprint density at radius 1 is 0.967 bits per heavy atom. The van der Waals surface area contributed by atoms with Crippen molar-refractivity contribution in [1.82, 2.24) is 9.80 Å². The van der Waals surface area contributed by atoms with Crippen molar-refractivity contribution in [1.29, 1.82) is 0 Å². The van der Waals surface area contributed by atoms with Crippen molar-refractivity contribution in [3.8, 4) is 5.75 Å². The number of carbonyl (C=O) groups is 2. The van der Waals surface area contributed by atoms with Gasteiger partial charge in [0.25, 0.3) is 11.8 Å².